The minimum absolute atomic E-state index is 0.109. The number of hydrogen-bond acceptors (Lipinski definition) is 3. The number of benzene rings is 2. The minimum Gasteiger partial charge on any atom is -0.351 e. The smallest absolute Gasteiger partial charge is 0.253 e. The molecule has 0 radical (unpaired) electrons. The molecule has 122 valence electrons. The topological polar surface area (TPSA) is 38.3 Å². The molecule has 23 heavy (non-hydrogen) atoms. The van der Waals surface area contributed by atoms with Gasteiger partial charge in [-0.1, -0.05) is 48.5 Å². The van der Waals surface area contributed by atoms with E-state index in [-0.39, 0.29) is 5.91 Å². The van der Waals surface area contributed by atoms with Crippen molar-refractivity contribution in [2.75, 3.05) is 12.0 Å². The van der Waals surface area contributed by atoms with Crippen LogP contribution in [-0.4, -0.2) is 23.6 Å². The van der Waals surface area contributed by atoms with Crippen LogP contribution in [0.1, 0.15) is 29.3 Å². The summed E-state index contributed by atoms with van der Waals surface area (Å²) in [5.74, 6) is 0.808. The Morgan fingerprint density at radius 1 is 1.09 bits per heavy atom. The van der Waals surface area contributed by atoms with E-state index in [1.54, 1.807) is 11.8 Å². The van der Waals surface area contributed by atoms with E-state index in [4.69, 9.17) is 4.74 Å². The quantitative estimate of drug-likeness (QED) is 0.741. The zero-order valence-corrected chi connectivity index (χ0v) is 14.4. The van der Waals surface area contributed by atoms with Crippen LogP contribution >= 0.6 is 11.8 Å². The molecular weight excluding hydrogens is 306 g/mol. The Morgan fingerprint density at radius 3 is 2.30 bits per heavy atom. The molecule has 0 saturated carbocycles. The molecule has 1 atom stereocenters. The van der Waals surface area contributed by atoms with E-state index in [9.17, 15) is 4.79 Å². The molecule has 0 aromatic heterocycles. The first-order valence-corrected chi connectivity index (χ1v) is 9.07. The lowest BCUT2D eigenvalue weighted by atomic mass is 10.1. The second-order valence-corrected chi connectivity index (χ2v) is 6.55. The van der Waals surface area contributed by atoms with Gasteiger partial charge in [0.15, 0.2) is 0 Å². The van der Waals surface area contributed by atoms with E-state index in [0.717, 1.165) is 17.7 Å². The third-order valence-corrected chi connectivity index (χ3v) is 4.21. The van der Waals surface area contributed by atoms with Gasteiger partial charge in [0.25, 0.3) is 5.91 Å². The summed E-state index contributed by atoms with van der Waals surface area (Å²) in [6.07, 6.45) is 2.80. The van der Waals surface area contributed by atoms with Gasteiger partial charge in [-0.05, 0) is 36.6 Å². The summed E-state index contributed by atoms with van der Waals surface area (Å²) < 4.78 is 6.06. The molecule has 1 unspecified atom stereocenters. The summed E-state index contributed by atoms with van der Waals surface area (Å²) in [7, 11) is 0. The summed E-state index contributed by atoms with van der Waals surface area (Å²) >= 11 is 1.74. The summed E-state index contributed by atoms with van der Waals surface area (Å²) in [6, 6.07) is 19.2. The maximum atomic E-state index is 12.4. The van der Waals surface area contributed by atoms with Gasteiger partial charge in [0.1, 0.15) is 5.72 Å². The van der Waals surface area contributed by atoms with Crippen molar-refractivity contribution in [2.45, 2.75) is 25.7 Å². The van der Waals surface area contributed by atoms with Crippen LogP contribution in [0, 0.1) is 0 Å². The molecule has 3 nitrogen and oxygen atoms in total. The molecule has 0 bridgehead atoms. The zero-order chi connectivity index (χ0) is 16.5. The number of rotatable bonds is 8. The third-order valence-electron chi connectivity index (χ3n) is 3.60. The van der Waals surface area contributed by atoms with E-state index >= 15 is 0 Å². The van der Waals surface area contributed by atoms with Gasteiger partial charge in [0.05, 0.1) is 6.61 Å². The molecular formula is C19H23NO2S. The van der Waals surface area contributed by atoms with Crippen LogP contribution in [-0.2, 0) is 11.3 Å². The van der Waals surface area contributed by atoms with Crippen molar-refractivity contribution in [1.29, 1.82) is 0 Å². The first-order chi connectivity index (χ1) is 11.1. The predicted molar refractivity (Wildman–Crippen MR) is 96.5 cm³/mol. The molecule has 1 N–H and O–H groups in total. The maximum Gasteiger partial charge on any atom is 0.253 e. The lowest BCUT2D eigenvalue weighted by molar-refractivity contribution is -0.0629. The lowest BCUT2D eigenvalue weighted by Gasteiger charge is -2.31. The van der Waals surface area contributed by atoms with Crippen LogP contribution in [0.25, 0.3) is 0 Å². The zero-order valence-electron chi connectivity index (χ0n) is 13.6. The Labute approximate surface area is 142 Å². The summed E-state index contributed by atoms with van der Waals surface area (Å²) in [4.78, 5) is 12.4. The van der Waals surface area contributed by atoms with Gasteiger partial charge in [-0.2, -0.15) is 11.8 Å². The Balaban J connectivity index is 2.03. The van der Waals surface area contributed by atoms with Crippen LogP contribution in [0.3, 0.4) is 0 Å². The minimum atomic E-state index is -0.689. The molecule has 0 aliphatic carbocycles. The molecule has 2 aromatic rings. The Bertz CT molecular complexity index is 603. The average molecular weight is 329 g/mol. The van der Waals surface area contributed by atoms with E-state index in [0.29, 0.717) is 12.2 Å². The number of hydrogen-bond donors (Lipinski definition) is 1. The van der Waals surface area contributed by atoms with Gasteiger partial charge in [0.2, 0.25) is 0 Å². The van der Waals surface area contributed by atoms with Gasteiger partial charge >= 0.3 is 0 Å². The largest absolute Gasteiger partial charge is 0.351 e. The number of thioether (sulfide) groups is 1. The first kappa shape index (κ1) is 17.6. The van der Waals surface area contributed by atoms with Crippen LogP contribution in [0.2, 0.25) is 0 Å². The number of ether oxygens (including phenoxy) is 1. The van der Waals surface area contributed by atoms with Gasteiger partial charge in [-0.25, -0.2) is 0 Å². The molecule has 4 heteroatoms. The monoisotopic (exact) mass is 329 g/mol. The molecule has 0 heterocycles. The van der Waals surface area contributed by atoms with Gasteiger partial charge in [-0.3, -0.25) is 4.79 Å². The Hall–Kier alpha value is -1.78. The number of carbonyl (C=O) groups is 1. The van der Waals surface area contributed by atoms with Crippen LogP contribution < -0.4 is 5.32 Å². The molecule has 1 amide bonds. The molecule has 0 saturated heterocycles. The highest BCUT2D eigenvalue weighted by atomic mass is 32.2. The van der Waals surface area contributed by atoms with Gasteiger partial charge in [-0.15, -0.1) is 0 Å². The molecule has 0 aliphatic heterocycles. The summed E-state index contributed by atoms with van der Waals surface area (Å²) in [5.41, 5.74) is 1.05. The van der Waals surface area contributed by atoms with E-state index in [1.165, 1.54) is 0 Å². The van der Waals surface area contributed by atoms with Crippen LogP contribution in [0.15, 0.2) is 60.7 Å². The average Bonchev–Trinajstić information content (AvgIpc) is 2.60. The highest BCUT2D eigenvalue weighted by molar-refractivity contribution is 7.98. The summed E-state index contributed by atoms with van der Waals surface area (Å²) in [6.45, 7) is 2.41. The second-order valence-electron chi connectivity index (χ2n) is 5.57. The molecule has 2 rings (SSSR count). The van der Waals surface area contributed by atoms with Gasteiger partial charge < -0.3 is 10.1 Å². The van der Waals surface area contributed by atoms with Crippen molar-refractivity contribution < 1.29 is 9.53 Å². The molecule has 2 aromatic carbocycles. The predicted octanol–water partition coefficient (Wildman–Crippen LogP) is 4.10. The standard InChI is InChI=1S/C19H23NO2S/c1-19(13-14-23-2,22-15-16-9-5-3-6-10-16)20-18(21)17-11-7-4-8-12-17/h3-12H,13-15H2,1-2H3,(H,20,21). The molecule has 0 fully saturated rings. The number of carbonyl (C=O) groups excluding carboxylic acids is 1. The van der Waals surface area contributed by atoms with Crippen molar-refractivity contribution >= 4 is 17.7 Å². The normalized spacial score (nSPS) is 13.3. The van der Waals surface area contributed by atoms with E-state index in [1.807, 2.05) is 67.6 Å². The fourth-order valence-corrected chi connectivity index (χ4v) is 2.78. The van der Waals surface area contributed by atoms with Crippen molar-refractivity contribution in [3.05, 3.63) is 71.8 Å². The van der Waals surface area contributed by atoms with Crippen molar-refractivity contribution in [3.8, 4) is 0 Å². The Kier molecular flexibility index (Phi) is 6.68. The van der Waals surface area contributed by atoms with Crippen molar-refractivity contribution in [1.82, 2.24) is 5.32 Å². The lowest BCUT2D eigenvalue weighted by Crippen LogP contribution is -2.48. The fourth-order valence-electron chi connectivity index (χ4n) is 2.19. The van der Waals surface area contributed by atoms with Crippen LogP contribution in [0.4, 0.5) is 0 Å². The Morgan fingerprint density at radius 2 is 1.70 bits per heavy atom. The highest BCUT2D eigenvalue weighted by Crippen LogP contribution is 2.18. The third kappa shape index (κ3) is 5.73. The van der Waals surface area contributed by atoms with Crippen molar-refractivity contribution in [3.63, 3.8) is 0 Å². The van der Waals surface area contributed by atoms with E-state index in [2.05, 4.69) is 11.6 Å². The molecule has 0 spiro atoms. The van der Waals surface area contributed by atoms with Gasteiger partial charge in [0, 0.05) is 12.0 Å². The van der Waals surface area contributed by atoms with E-state index < -0.39 is 5.72 Å². The maximum absolute atomic E-state index is 12.4. The van der Waals surface area contributed by atoms with Crippen molar-refractivity contribution in [2.24, 2.45) is 0 Å². The fraction of sp³-hybridized carbons (Fsp3) is 0.316. The highest BCUT2D eigenvalue weighted by Gasteiger charge is 2.27. The first-order valence-electron chi connectivity index (χ1n) is 7.67. The SMILES string of the molecule is CSCCC(C)(NC(=O)c1ccccc1)OCc1ccccc1. The number of amides is 1. The molecule has 0 aliphatic rings. The summed E-state index contributed by atoms with van der Waals surface area (Å²) in [5, 5.41) is 3.04. The number of nitrogens with one attached hydrogen (secondary N) is 1. The second kappa shape index (κ2) is 8.75. The van der Waals surface area contributed by atoms with Crippen LogP contribution in [0.5, 0.6) is 0 Å².